The van der Waals surface area contributed by atoms with Crippen molar-refractivity contribution in [2.75, 3.05) is 0 Å². The number of hydrogen-bond acceptors (Lipinski definition) is 8. The number of hydrogen-bond donors (Lipinski definition) is 4. The summed E-state index contributed by atoms with van der Waals surface area (Å²) in [6.07, 6.45) is 2.40. The van der Waals surface area contributed by atoms with Gasteiger partial charge in [0.05, 0.1) is 24.4 Å². The SMILES string of the molecule is CC(O)CC(C)O.OC(CC(O)c1ccccc1)c1ccccc1.[Ir].[Ir].[c-]1c(-c2ccccn2)sc2ccccc12.[c-]1c(-c2ccccn2)sc2ccccc12. The first-order chi connectivity index (χ1) is 26.3. The summed E-state index contributed by atoms with van der Waals surface area (Å²) in [5, 5.41) is 39.4. The van der Waals surface area contributed by atoms with Crippen molar-refractivity contribution in [3.05, 3.63) is 181 Å². The summed E-state index contributed by atoms with van der Waals surface area (Å²) in [6, 6.07) is 54.0. The fourth-order valence-corrected chi connectivity index (χ4v) is 7.35. The molecule has 4 unspecified atom stereocenters. The van der Waals surface area contributed by atoms with Gasteiger partial charge in [-0.15, -0.1) is 47.2 Å². The molecule has 4 aromatic carbocycles. The Morgan fingerprint density at radius 2 is 0.821 bits per heavy atom. The van der Waals surface area contributed by atoms with Crippen LogP contribution in [0.2, 0.25) is 0 Å². The number of aromatic nitrogens is 2. The van der Waals surface area contributed by atoms with Crippen LogP contribution in [-0.4, -0.2) is 42.6 Å². The molecular formula is C46H44Ir2N2O4S2-2. The van der Waals surface area contributed by atoms with Crippen molar-refractivity contribution in [3.8, 4) is 21.1 Å². The first-order valence-electron chi connectivity index (χ1n) is 17.7. The molecule has 0 saturated heterocycles. The maximum absolute atomic E-state index is 9.99. The van der Waals surface area contributed by atoms with E-state index in [0.717, 1.165) is 32.3 Å². The van der Waals surface area contributed by atoms with Gasteiger partial charge >= 0.3 is 0 Å². The number of aliphatic hydroxyl groups excluding tert-OH is 4. The molecule has 0 aliphatic heterocycles. The summed E-state index contributed by atoms with van der Waals surface area (Å²) >= 11 is 3.46. The molecule has 6 nitrogen and oxygen atoms in total. The normalized spacial score (nSPS) is 12.4. The molecule has 8 aromatic rings. The van der Waals surface area contributed by atoms with Gasteiger partial charge in [0.1, 0.15) is 0 Å². The molecule has 56 heavy (non-hydrogen) atoms. The Kier molecular flexibility index (Phi) is 20.6. The monoisotopic (exact) mass is 1140 g/mol. The maximum Gasteiger partial charge on any atom is 0.0818 e. The van der Waals surface area contributed by atoms with Gasteiger partial charge in [0.15, 0.2) is 0 Å². The molecule has 0 fully saturated rings. The first-order valence-corrected chi connectivity index (χ1v) is 19.4. The van der Waals surface area contributed by atoms with Crippen LogP contribution in [0.4, 0.5) is 0 Å². The average Bonchev–Trinajstić information content (AvgIpc) is 3.85. The van der Waals surface area contributed by atoms with Crippen LogP contribution in [0.25, 0.3) is 41.3 Å². The quantitative estimate of drug-likeness (QED) is 0.113. The third-order valence-electron chi connectivity index (χ3n) is 7.99. The summed E-state index contributed by atoms with van der Waals surface area (Å²) in [5.41, 5.74) is 3.67. The van der Waals surface area contributed by atoms with Gasteiger partial charge in [-0.05, 0) is 62.7 Å². The summed E-state index contributed by atoms with van der Waals surface area (Å²) in [4.78, 5) is 10.9. The molecule has 0 saturated carbocycles. The van der Waals surface area contributed by atoms with Crippen molar-refractivity contribution >= 4 is 42.8 Å². The van der Waals surface area contributed by atoms with Gasteiger partial charge < -0.3 is 30.4 Å². The standard InChI is InChI=1S/C15H16O2.2C13H8NS.C5H12O2.2Ir/c16-14(12-7-3-1-4-8-12)11-15(17)13-9-5-2-6-10-13;2*1-2-7-12-10(5-1)9-13(15-12)11-6-3-4-8-14-11;1-4(6)3-5(2)7;;/h1-10,14-17H,11H2;2*1-8H;4-7H,3H2,1-2H3;;/q;2*-1;;;. The number of benzene rings is 4. The van der Waals surface area contributed by atoms with Gasteiger partial charge in [-0.1, -0.05) is 109 Å². The Bertz CT molecular complexity index is 2010. The second-order valence-corrected chi connectivity index (χ2v) is 14.7. The molecule has 294 valence electrons. The zero-order chi connectivity index (χ0) is 38.1. The van der Waals surface area contributed by atoms with Crippen LogP contribution < -0.4 is 0 Å². The Morgan fingerprint density at radius 3 is 1.14 bits per heavy atom. The predicted octanol–water partition coefficient (Wildman–Crippen LogP) is 10.5. The Morgan fingerprint density at radius 1 is 0.464 bits per heavy atom. The van der Waals surface area contributed by atoms with Gasteiger partial charge in [0, 0.05) is 70.4 Å². The summed E-state index contributed by atoms with van der Waals surface area (Å²) < 4.78 is 2.52. The van der Waals surface area contributed by atoms with E-state index in [4.69, 9.17) is 10.2 Å². The van der Waals surface area contributed by atoms with Crippen LogP contribution in [-0.2, 0) is 40.2 Å². The zero-order valence-corrected chi connectivity index (χ0v) is 37.3. The van der Waals surface area contributed by atoms with Crippen molar-refractivity contribution in [2.45, 2.75) is 51.1 Å². The second-order valence-electron chi connectivity index (χ2n) is 12.6. The van der Waals surface area contributed by atoms with Gasteiger partial charge in [-0.25, -0.2) is 22.7 Å². The maximum atomic E-state index is 9.99. The molecule has 8 rings (SSSR count). The first kappa shape index (κ1) is 46.6. The summed E-state index contributed by atoms with van der Waals surface area (Å²) in [6.45, 7) is 3.32. The molecular weight excluding hydrogens is 1090 g/mol. The van der Waals surface area contributed by atoms with Crippen LogP contribution in [0.1, 0.15) is 50.0 Å². The number of thiophene rings is 2. The third kappa shape index (κ3) is 15.0. The fraction of sp³-hybridized carbons (Fsp3) is 0.174. The smallest absolute Gasteiger partial charge is 0.0818 e. The molecule has 4 atom stereocenters. The molecule has 0 bridgehead atoms. The van der Waals surface area contributed by atoms with E-state index in [2.05, 4.69) is 58.5 Å². The van der Waals surface area contributed by atoms with E-state index in [0.29, 0.717) is 12.8 Å². The Labute approximate surface area is 364 Å². The van der Waals surface area contributed by atoms with Crippen LogP contribution in [0.15, 0.2) is 158 Å². The van der Waals surface area contributed by atoms with Crippen LogP contribution in [0.3, 0.4) is 0 Å². The number of rotatable bonds is 8. The van der Waals surface area contributed by atoms with Crippen molar-refractivity contribution in [1.82, 2.24) is 9.97 Å². The van der Waals surface area contributed by atoms with Crippen molar-refractivity contribution in [3.63, 3.8) is 0 Å². The molecule has 0 amide bonds. The predicted molar refractivity (Wildman–Crippen MR) is 223 cm³/mol. The second kappa shape index (κ2) is 24.8. The average molecular weight is 1140 g/mol. The number of pyridine rings is 2. The fourth-order valence-electron chi connectivity index (χ4n) is 5.39. The van der Waals surface area contributed by atoms with E-state index in [1.54, 1.807) is 36.5 Å². The van der Waals surface area contributed by atoms with E-state index in [9.17, 15) is 10.2 Å². The molecule has 0 aliphatic rings. The molecule has 4 N–H and O–H groups in total. The van der Waals surface area contributed by atoms with Crippen LogP contribution in [0, 0.1) is 12.1 Å². The van der Waals surface area contributed by atoms with Gasteiger partial charge in [0.25, 0.3) is 0 Å². The van der Waals surface area contributed by atoms with E-state index in [1.807, 2.05) is 122 Å². The Balaban J connectivity index is 0.000000205. The largest absolute Gasteiger partial charge is 0.393 e. The molecule has 10 heteroatoms. The molecule has 0 spiro atoms. The van der Waals surface area contributed by atoms with E-state index in [1.165, 1.54) is 20.2 Å². The van der Waals surface area contributed by atoms with E-state index in [-0.39, 0.29) is 52.4 Å². The molecule has 2 radical (unpaired) electrons. The van der Waals surface area contributed by atoms with Crippen LogP contribution in [0.5, 0.6) is 0 Å². The van der Waals surface area contributed by atoms with Gasteiger partial charge in [-0.2, -0.15) is 0 Å². The summed E-state index contributed by atoms with van der Waals surface area (Å²) in [5.74, 6) is 0. The zero-order valence-electron chi connectivity index (χ0n) is 30.9. The minimum atomic E-state index is -0.633. The van der Waals surface area contributed by atoms with Crippen molar-refractivity contribution in [1.29, 1.82) is 0 Å². The van der Waals surface area contributed by atoms with Crippen molar-refractivity contribution in [2.24, 2.45) is 0 Å². The van der Waals surface area contributed by atoms with Crippen LogP contribution >= 0.6 is 22.7 Å². The Hall–Kier alpha value is -3.76. The minimum Gasteiger partial charge on any atom is -0.393 e. The molecule has 4 heterocycles. The molecule has 4 aromatic heterocycles. The van der Waals surface area contributed by atoms with Gasteiger partial charge in [-0.3, -0.25) is 0 Å². The minimum absolute atomic E-state index is 0. The summed E-state index contributed by atoms with van der Waals surface area (Å²) in [7, 11) is 0. The van der Waals surface area contributed by atoms with E-state index >= 15 is 0 Å². The molecule has 0 aliphatic carbocycles. The van der Waals surface area contributed by atoms with E-state index < -0.39 is 12.2 Å². The number of aliphatic hydroxyl groups is 4. The topological polar surface area (TPSA) is 107 Å². The van der Waals surface area contributed by atoms with Crippen molar-refractivity contribution < 1.29 is 60.6 Å². The number of nitrogens with zero attached hydrogens (tertiary/aromatic N) is 2. The number of fused-ring (bicyclic) bond motifs is 2. The van der Waals surface area contributed by atoms with Gasteiger partial charge in [0.2, 0.25) is 0 Å². The third-order valence-corrected chi connectivity index (χ3v) is 10.2.